The molecule has 2 N–H and O–H groups in total. The van der Waals surface area contributed by atoms with E-state index in [4.69, 9.17) is 4.98 Å². The normalized spacial score (nSPS) is 16.8. The first-order valence-electron chi connectivity index (χ1n) is 15.9. The SMILES string of the molecule is CC(=O)/C(C)=C/c1ccc2nc(C3(NC(=O)c4ccc5c(c4)c(C)c(-c4cccnc4O)n5C4CCCC4)CCC3)n(C)c2c1. The number of aromatic nitrogens is 4. The summed E-state index contributed by atoms with van der Waals surface area (Å²) < 4.78 is 4.45. The van der Waals surface area contributed by atoms with E-state index < -0.39 is 5.54 Å². The quantitative estimate of drug-likeness (QED) is 0.188. The van der Waals surface area contributed by atoms with Crippen LogP contribution in [0.3, 0.4) is 0 Å². The van der Waals surface area contributed by atoms with Gasteiger partial charge in [-0.1, -0.05) is 18.9 Å². The van der Waals surface area contributed by atoms with Crippen molar-refractivity contribution in [2.24, 2.45) is 7.05 Å². The Labute approximate surface area is 262 Å². The number of allylic oxidation sites excluding steroid dienone is 1. The number of nitrogens with one attached hydrogen (secondary N) is 1. The fourth-order valence-electron chi connectivity index (χ4n) is 7.37. The zero-order valence-corrected chi connectivity index (χ0v) is 26.4. The van der Waals surface area contributed by atoms with Gasteiger partial charge in [-0.15, -0.1) is 0 Å². The highest BCUT2D eigenvalue weighted by Crippen LogP contribution is 2.44. The fraction of sp³-hybridized carbons (Fsp3) is 0.351. The van der Waals surface area contributed by atoms with E-state index in [-0.39, 0.29) is 17.6 Å². The van der Waals surface area contributed by atoms with Gasteiger partial charge < -0.3 is 19.6 Å². The Morgan fingerprint density at radius 2 is 1.80 bits per heavy atom. The molecule has 0 saturated heterocycles. The van der Waals surface area contributed by atoms with Gasteiger partial charge in [0.1, 0.15) is 5.82 Å². The molecule has 45 heavy (non-hydrogen) atoms. The van der Waals surface area contributed by atoms with Crippen molar-refractivity contribution in [3.63, 3.8) is 0 Å². The monoisotopic (exact) mass is 601 g/mol. The molecule has 0 radical (unpaired) electrons. The summed E-state index contributed by atoms with van der Waals surface area (Å²) in [6.07, 6.45) is 10.7. The molecular formula is C37H39N5O3. The molecule has 2 aliphatic carbocycles. The molecule has 3 heterocycles. The Morgan fingerprint density at radius 1 is 1.02 bits per heavy atom. The van der Waals surface area contributed by atoms with Crippen LogP contribution in [-0.4, -0.2) is 35.9 Å². The van der Waals surface area contributed by atoms with E-state index >= 15 is 0 Å². The molecule has 2 aromatic carbocycles. The Morgan fingerprint density at radius 3 is 2.49 bits per heavy atom. The average molecular weight is 602 g/mol. The summed E-state index contributed by atoms with van der Waals surface area (Å²) in [5.41, 5.74) is 7.34. The van der Waals surface area contributed by atoms with Gasteiger partial charge >= 0.3 is 0 Å². The van der Waals surface area contributed by atoms with Gasteiger partial charge in [0.15, 0.2) is 5.78 Å². The predicted octanol–water partition coefficient (Wildman–Crippen LogP) is 7.52. The second kappa shape index (κ2) is 11.0. The summed E-state index contributed by atoms with van der Waals surface area (Å²) in [6, 6.07) is 16.1. The third kappa shape index (κ3) is 4.83. The number of carbonyl (C=O) groups excluding carboxylic acids is 2. The van der Waals surface area contributed by atoms with Crippen LogP contribution in [0.2, 0.25) is 0 Å². The molecular weight excluding hydrogens is 562 g/mol. The molecule has 5 aromatic rings. The molecule has 0 unspecified atom stereocenters. The van der Waals surface area contributed by atoms with Crippen LogP contribution in [0.5, 0.6) is 5.88 Å². The van der Waals surface area contributed by atoms with Crippen molar-refractivity contribution in [2.45, 2.75) is 77.3 Å². The lowest BCUT2D eigenvalue weighted by Crippen LogP contribution is -2.52. The molecule has 8 nitrogen and oxygen atoms in total. The number of aromatic hydroxyl groups is 1. The Hall–Kier alpha value is -4.72. The summed E-state index contributed by atoms with van der Waals surface area (Å²) in [5.74, 6) is 0.794. The van der Waals surface area contributed by atoms with Crippen LogP contribution >= 0.6 is 0 Å². The summed E-state index contributed by atoms with van der Waals surface area (Å²) in [7, 11) is 2.00. The van der Waals surface area contributed by atoms with Gasteiger partial charge in [-0.2, -0.15) is 0 Å². The Balaban J connectivity index is 1.25. The van der Waals surface area contributed by atoms with E-state index in [1.165, 1.54) is 12.8 Å². The standard InChI is InChI=1S/C37H39N5O3/c1-22(24(3)43)19-25-12-14-30-32(20-25)41(4)36(39-30)37(16-8-17-37)40-34(44)26-13-15-31-29(21-26)23(2)33(28-11-7-18-38-35(28)45)42(31)27-9-5-6-10-27/h7,11-15,18-21,27H,5-6,8-10,16-17H2,1-4H3,(H,38,45)(H,40,44)/b22-19+. The number of pyridine rings is 1. The van der Waals surface area contributed by atoms with Crippen LogP contribution in [0.1, 0.15) is 92.1 Å². The Bertz CT molecular complexity index is 2020. The molecule has 0 aliphatic heterocycles. The van der Waals surface area contributed by atoms with Crippen molar-refractivity contribution < 1.29 is 14.7 Å². The van der Waals surface area contributed by atoms with E-state index in [1.54, 1.807) is 13.1 Å². The van der Waals surface area contributed by atoms with E-state index in [2.05, 4.69) is 38.5 Å². The van der Waals surface area contributed by atoms with Gasteiger partial charge in [0, 0.05) is 35.8 Å². The van der Waals surface area contributed by atoms with Crippen LogP contribution < -0.4 is 5.32 Å². The molecule has 2 saturated carbocycles. The fourth-order valence-corrected chi connectivity index (χ4v) is 7.37. The first-order valence-corrected chi connectivity index (χ1v) is 15.9. The maximum absolute atomic E-state index is 14.0. The van der Waals surface area contributed by atoms with Gasteiger partial charge in [-0.05, 0) is 118 Å². The van der Waals surface area contributed by atoms with Gasteiger partial charge in [-0.25, -0.2) is 9.97 Å². The average Bonchev–Trinajstić information content (AvgIpc) is 3.72. The highest BCUT2D eigenvalue weighted by Gasteiger charge is 2.44. The molecule has 3 aromatic heterocycles. The summed E-state index contributed by atoms with van der Waals surface area (Å²) >= 11 is 0. The van der Waals surface area contributed by atoms with Gasteiger partial charge in [0.2, 0.25) is 5.88 Å². The molecule has 2 aliphatic rings. The van der Waals surface area contributed by atoms with Crippen LogP contribution in [0.4, 0.5) is 0 Å². The van der Waals surface area contributed by atoms with Gasteiger partial charge in [0.05, 0.1) is 27.8 Å². The number of ketones is 1. The molecule has 7 rings (SSSR count). The first kappa shape index (κ1) is 29.0. The smallest absolute Gasteiger partial charge is 0.252 e. The second-order valence-corrected chi connectivity index (χ2v) is 12.9. The van der Waals surface area contributed by atoms with E-state index in [0.717, 1.165) is 82.2 Å². The van der Waals surface area contributed by atoms with Crippen molar-refractivity contribution in [1.82, 2.24) is 24.4 Å². The van der Waals surface area contributed by atoms with E-state index in [9.17, 15) is 14.7 Å². The van der Waals surface area contributed by atoms with Crippen LogP contribution in [0, 0.1) is 6.92 Å². The predicted molar refractivity (Wildman–Crippen MR) is 177 cm³/mol. The van der Waals surface area contributed by atoms with Gasteiger partial charge in [-0.3, -0.25) is 9.59 Å². The number of fused-ring (bicyclic) bond motifs is 2. The van der Waals surface area contributed by atoms with E-state index in [1.807, 2.05) is 56.4 Å². The zero-order chi connectivity index (χ0) is 31.5. The number of aryl methyl sites for hydroxylation is 2. The van der Waals surface area contributed by atoms with Crippen molar-refractivity contribution >= 4 is 39.7 Å². The molecule has 8 heteroatoms. The molecule has 1 amide bonds. The Kier molecular flexibility index (Phi) is 7.10. The number of carbonyl (C=O) groups is 2. The minimum absolute atomic E-state index is 0.0205. The second-order valence-electron chi connectivity index (χ2n) is 12.9. The third-order valence-electron chi connectivity index (χ3n) is 10.1. The van der Waals surface area contributed by atoms with Gasteiger partial charge in [0.25, 0.3) is 5.91 Å². The van der Waals surface area contributed by atoms with E-state index in [0.29, 0.717) is 17.2 Å². The molecule has 2 fully saturated rings. The summed E-state index contributed by atoms with van der Waals surface area (Å²) in [5, 5.41) is 15.1. The molecule has 0 spiro atoms. The third-order valence-corrected chi connectivity index (χ3v) is 10.1. The van der Waals surface area contributed by atoms with Crippen molar-refractivity contribution in [3.8, 4) is 17.1 Å². The van der Waals surface area contributed by atoms with Crippen LogP contribution in [0.15, 0.2) is 60.3 Å². The lowest BCUT2D eigenvalue weighted by atomic mass is 9.75. The number of benzene rings is 2. The highest BCUT2D eigenvalue weighted by atomic mass is 16.3. The van der Waals surface area contributed by atoms with Crippen molar-refractivity contribution in [3.05, 3.63) is 82.8 Å². The van der Waals surface area contributed by atoms with Crippen molar-refractivity contribution in [2.75, 3.05) is 0 Å². The lowest BCUT2D eigenvalue weighted by molar-refractivity contribution is -0.113. The molecule has 0 bridgehead atoms. The lowest BCUT2D eigenvalue weighted by Gasteiger charge is -2.41. The highest BCUT2D eigenvalue weighted by molar-refractivity contribution is 6.01. The number of nitrogens with zero attached hydrogens (tertiary/aromatic N) is 4. The minimum Gasteiger partial charge on any atom is -0.493 e. The number of imidazole rings is 1. The minimum atomic E-state index is -0.553. The molecule has 0 atom stereocenters. The van der Waals surface area contributed by atoms with Crippen molar-refractivity contribution in [1.29, 1.82) is 0 Å². The molecule has 230 valence electrons. The largest absolute Gasteiger partial charge is 0.493 e. The van der Waals surface area contributed by atoms with Crippen LogP contribution in [-0.2, 0) is 17.4 Å². The first-order chi connectivity index (χ1) is 21.7. The number of hydrogen-bond donors (Lipinski definition) is 2. The number of hydrogen-bond acceptors (Lipinski definition) is 5. The number of amides is 1. The number of rotatable bonds is 7. The van der Waals surface area contributed by atoms with Crippen LogP contribution in [0.25, 0.3) is 39.3 Å². The summed E-state index contributed by atoms with van der Waals surface area (Å²) in [6.45, 7) is 5.47. The summed E-state index contributed by atoms with van der Waals surface area (Å²) in [4.78, 5) is 34.9. The topological polar surface area (TPSA) is 102 Å². The number of Topliss-reactive ketones (excluding diaryl/α,β-unsaturated/α-hetero) is 1. The zero-order valence-electron chi connectivity index (χ0n) is 26.4. The maximum atomic E-state index is 14.0. The maximum Gasteiger partial charge on any atom is 0.252 e.